The van der Waals surface area contributed by atoms with Crippen LogP contribution in [0.2, 0.25) is 0 Å². The fourth-order valence-electron chi connectivity index (χ4n) is 3.89. The minimum absolute atomic E-state index is 0.0375. The second-order valence-corrected chi connectivity index (χ2v) is 8.11. The third kappa shape index (κ3) is 4.04. The van der Waals surface area contributed by atoms with Gasteiger partial charge in [0.2, 0.25) is 5.91 Å². The Bertz CT molecular complexity index is 1070. The van der Waals surface area contributed by atoms with E-state index in [1.54, 1.807) is 18.3 Å². The zero-order valence-corrected chi connectivity index (χ0v) is 17.2. The topological polar surface area (TPSA) is 86.4 Å². The fourth-order valence-corrected chi connectivity index (χ4v) is 4.29. The molecule has 1 aromatic heterocycles. The molecule has 0 spiro atoms. The summed E-state index contributed by atoms with van der Waals surface area (Å²) in [6.45, 7) is 1.31. The molecule has 0 bridgehead atoms. The average molecular weight is 458 g/mol. The maximum absolute atomic E-state index is 13.0. The SMILES string of the molecule is O=C(Cn1ccc2cc([N+](=O)[O-])ccc21)NC1(c2cccc(Br)c2)CCOCC1. The number of non-ortho nitro benzene ring substituents is 1. The van der Waals surface area contributed by atoms with E-state index >= 15 is 0 Å². The molecular weight excluding hydrogens is 438 g/mol. The molecule has 1 aliphatic rings. The molecule has 8 heteroatoms. The molecule has 150 valence electrons. The predicted octanol–water partition coefficient (Wildman–Crippen LogP) is 4.13. The first-order chi connectivity index (χ1) is 14.0. The van der Waals surface area contributed by atoms with Crippen LogP contribution in [0.1, 0.15) is 18.4 Å². The number of fused-ring (bicyclic) bond motifs is 1. The Kier molecular flexibility index (Phi) is 5.38. The molecule has 1 saturated heterocycles. The number of hydrogen-bond acceptors (Lipinski definition) is 4. The fraction of sp³-hybridized carbons (Fsp3) is 0.286. The Morgan fingerprint density at radius 1 is 1.21 bits per heavy atom. The van der Waals surface area contributed by atoms with Gasteiger partial charge in [0.15, 0.2) is 0 Å². The molecule has 0 saturated carbocycles. The summed E-state index contributed by atoms with van der Waals surface area (Å²) < 4.78 is 8.30. The first-order valence-corrected chi connectivity index (χ1v) is 10.1. The van der Waals surface area contributed by atoms with E-state index in [0.717, 1.165) is 20.9 Å². The van der Waals surface area contributed by atoms with Gasteiger partial charge in [0.05, 0.1) is 10.5 Å². The highest BCUT2D eigenvalue weighted by Gasteiger charge is 2.36. The molecule has 2 heterocycles. The highest BCUT2D eigenvalue weighted by Crippen LogP contribution is 2.33. The number of aromatic nitrogens is 1. The maximum Gasteiger partial charge on any atom is 0.270 e. The Labute approximate surface area is 175 Å². The molecule has 2 aromatic carbocycles. The number of hydrogen-bond donors (Lipinski definition) is 1. The lowest BCUT2D eigenvalue weighted by atomic mass is 9.82. The van der Waals surface area contributed by atoms with Crippen LogP contribution in [0.15, 0.2) is 59.2 Å². The number of benzene rings is 2. The molecule has 0 unspecified atom stereocenters. The smallest absolute Gasteiger partial charge is 0.270 e. The van der Waals surface area contributed by atoms with Crippen molar-refractivity contribution < 1.29 is 14.5 Å². The van der Waals surface area contributed by atoms with E-state index in [1.807, 2.05) is 28.8 Å². The highest BCUT2D eigenvalue weighted by molar-refractivity contribution is 9.10. The lowest BCUT2D eigenvalue weighted by Crippen LogP contribution is -2.50. The average Bonchev–Trinajstić information content (AvgIpc) is 3.10. The number of carbonyl (C=O) groups excluding carboxylic acids is 1. The number of amides is 1. The van der Waals surface area contributed by atoms with Crippen LogP contribution in [0.4, 0.5) is 5.69 Å². The van der Waals surface area contributed by atoms with Crippen LogP contribution in [0.3, 0.4) is 0 Å². The number of nitro groups is 1. The van der Waals surface area contributed by atoms with Crippen molar-refractivity contribution in [2.24, 2.45) is 0 Å². The van der Waals surface area contributed by atoms with Crippen molar-refractivity contribution in [1.82, 2.24) is 9.88 Å². The molecule has 29 heavy (non-hydrogen) atoms. The van der Waals surface area contributed by atoms with E-state index < -0.39 is 10.5 Å². The van der Waals surface area contributed by atoms with E-state index in [9.17, 15) is 14.9 Å². The van der Waals surface area contributed by atoms with E-state index in [-0.39, 0.29) is 18.1 Å². The summed E-state index contributed by atoms with van der Waals surface area (Å²) in [6, 6.07) is 14.4. The molecule has 3 aromatic rings. The maximum atomic E-state index is 13.0. The number of rotatable bonds is 5. The van der Waals surface area contributed by atoms with Crippen LogP contribution < -0.4 is 5.32 Å². The summed E-state index contributed by atoms with van der Waals surface area (Å²) in [5, 5.41) is 14.9. The Hall–Kier alpha value is -2.71. The van der Waals surface area contributed by atoms with Gasteiger partial charge in [-0.15, -0.1) is 0 Å². The predicted molar refractivity (Wildman–Crippen MR) is 113 cm³/mol. The van der Waals surface area contributed by atoms with Crippen LogP contribution in [0.25, 0.3) is 10.9 Å². The van der Waals surface area contributed by atoms with Gasteiger partial charge in [-0.25, -0.2) is 0 Å². The minimum Gasteiger partial charge on any atom is -0.381 e. The van der Waals surface area contributed by atoms with Gasteiger partial charge in [0.25, 0.3) is 5.69 Å². The standard InChI is InChI=1S/C21H20BrN3O4/c22-17-3-1-2-16(13-17)21(7-10-29-11-8-21)23-20(26)14-24-9-6-15-12-18(25(27)28)4-5-19(15)24/h1-6,9,12-13H,7-8,10-11,14H2,(H,23,26). The Morgan fingerprint density at radius 2 is 2.00 bits per heavy atom. The van der Waals surface area contributed by atoms with Crippen molar-refractivity contribution in [3.63, 3.8) is 0 Å². The van der Waals surface area contributed by atoms with Crippen LogP contribution in [-0.2, 0) is 21.6 Å². The molecule has 4 rings (SSSR count). The molecule has 1 N–H and O–H groups in total. The van der Waals surface area contributed by atoms with E-state index in [4.69, 9.17) is 4.74 Å². The third-order valence-corrected chi connectivity index (χ3v) is 5.87. The summed E-state index contributed by atoms with van der Waals surface area (Å²) in [6.07, 6.45) is 3.19. The van der Waals surface area contributed by atoms with Gasteiger partial charge in [-0.05, 0) is 42.7 Å². The van der Waals surface area contributed by atoms with Crippen molar-refractivity contribution >= 4 is 38.4 Å². The van der Waals surface area contributed by atoms with Crippen molar-refractivity contribution in [1.29, 1.82) is 0 Å². The van der Waals surface area contributed by atoms with Crippen molar-refractivity contribution in [2.45, 2.75) is 24.9 Å². The lowest BCUT2D eigenvalue weighted by molar-refractivity contribution is -0.384. The van der Waals surface area contributed by atoms with Crippen LogP contribution in [0.5, 0.6) is 0 Å². The molecule has 7 nitrogen and oxygen atoms in total. The molecular formula is C21H20BrN3O4. The van der Waals surface area contributed by atoms with E-state index in [1.165, 1.54) is 12.1 Å². The first kappa shape index (κ1) is 19.6. The van der Waals surface area contributed by atoms with Gasteiger partial charge in [-0.1, -0.05) is 28.1 Å². The largest absolute Gasteiger partial charge is 0.381 e. The summed E-state index contributed by atoms with van der Waals surface area (Å²) in [7, 11) is 0. The minimum atomic E-state index is -0.471. The van der Waals surface area contributed by atoms with Gasteiger partial charge in [-0.2, -0.15) is 0 Å². The summed E-state index contributed by atoms with van der Waals surface area (Å²) in [5.74, 6) is -0.109. The van der Waals surface area contributed by atoms with Gasteiger partial charge in [0, 0.05) is 46.9 Å². The molecule has 0 radical (unpaired) electrons. The van der Waals surface area contributed by atoms with Crippen molar-refractivity contribution in [3.8, 4) is 0 Å². The zero-order chi connectivity index (χ0) is 20.4. The second kappa shape index (κ2) is 7.96. The van der Waals surface area contributed by atoms with Crippen LogP contribution >= 0.6 is 15.9 Å². The van der Waals surface area contributed by atoms with Crippen molar-refractivity contribution in [3.05, 3.63) is 74.9 Å². The third-order valence-electron chi connectivity index (χ3n) is 5.38. The van der Waals surface area contributed by atoms with E-state index in [0.29, 0.717) is 26.1 Å². The number of nitro benzene ring substituents is 1. The first-order valence-electron chi connectivity index (χ1n) is 9.35. The molecule has 0 aliphatic carbocycles. The summed E-state index contributed by atoms with van der Waals surface area (Å²) >= 11 is 3.51. The quantitative estimate of drug-likeness (QED) is 0.460. The zero-order valence-electron chi connectivity index (χ0n) is 15.6. The molecule has 0 atom stereocenters. The summed E-state index contributed by atoms with van der Waals surface area (Å²) in [5.41, 5.74) is 1.40. The van der Waals surface area contributed by atoms with Crippen LogP contribution in [-0.4, -0.2) is 28.6 Å². The van der Waals surface area contributed by atoms with Crippen molar-refractivity contribution in [2.75, 3.05) is 13.2 Å². The highest BCUT2D eigenvalue weighted by atomic mass is 79.9. The Morgan fingerprint density at radius 3 is 2.72 bits per heavy atom. The van der Waals surface area contributed by atoms with Gasteiger partial charge in [-0.3, -0.25) is 14.9 Å². The number of halogens is 1. The molecule has 1 fully saturated rings. The number of ether oxygens (including phenoxy) is 1. The van der Waals surface area contributed by atoms with Gasteiger partial charge < -0.3 is 14.6 Å². The van der Waals surface area contributed by atoms with Gasteiger partial charge >= 0.3 is 0 Å². The van der Waals surface area contributed by atoms with Gasteiger partial charge in [0.1, 0.15) is 6.54 Å². The number of carbonyl (C=O) groups is 1. The van der Waals surface area contributed by atoms with Crippen LogP contribution in [0, 0.1) is 10.1 Å². The lowest BCUT2D eigenvalue weighted by Gasteiger charge is -2.38. The number of nitrogens with zero attached hydrogens (tertiary/aromatic N) is 2. The number of nitrogens with one attached hydrogen (secondary N) is 1. The van der Waals surface area contributed by atoms with E-state index in [2.05, 4.69) is 21.2 Å². The normalized spacial score (nSPS) is 15.9. The second-order valence-electron chi connectivity index (χ2n) is 7.20. The molecule has 1 amide bonds. The monoisotopic (exact) mass is 457 g/mol. The Balaban J connectivity index is 1.57. The summed E-state index contributed by atoms with van der Waals surface area (Å²) in [4.78, 5) is 23.5. The molecule has 1 aliphatic heterocycles.